The number of anilines is 1. The van der Waals surface area contributed by atoms with E-state index < -0.39 is 0 Å². The minimum atomic E-state index is 0.163. The van der Waals surface area contributed by atoms with E-state index in [1.165, 1.54) is 11.3 Å². The average molecular weight is 261 g/mol. The number of piperazine rings is 1. The molecule has 3 nitrogen and oxygen atoms in total. The molecular formula is C16H27N3. The molecule has 106 valence electrons. The van der Waals surface area contributed by atoms with Crippen LogP contribution in [0.2, 0.25) is 0 Å². The second-order valence-corrected chi connectivity index (χ2v) is 6.60. The Morgan fingerprint density at radius 1 is 1.37 bits per heavy atom. The van der Waals surface area contributed by atoms with Crippen molar-refractivity contribution in [2.24, 2.45) is 0 Å². The minimum Gasteiger partial charge on any atom is -0.364 e. The summed E-state index contributed by atoms with van der Waals surface area (Å²) in [5, 5.41) is 3.67. The second kappa shape index (κ2) is 5.51. The lowest BCUT2D eigenvalue weighted by atomic mass is 9.96. The van der Waals surface area contributed by atoms with Gasteiger partial charge >= 0.3 is 0 Å². The maximum absolute atomic E-state index is 3.67. The molecule has 2 rings (SSSR count). The fourth-order valence-electron chi connectivity index (χ4n) is 2.84. The molecule has 0 bridgehead atoms. The van der Waals surface area contributed by atoms with Crippen molar-refractivity contribution in [2.45, 2.75) is 32.4 Å². The fourth-order valence-corrected chi connectivity index (χ4v) is 2.84. The van der Waals surface area contributed by atoms with Gasteiger partial charge in [-0.25, -0.2) is 0 Å². The van der Waals surface area contributed by atoms with Crippen molar-refractivity contribution in [3.05, 3.63) is 29.8 Å². The molecule has 1 aromatic rings. The third kappa shape index (κ3) is 3.48. The second-order valence-electron chi connectivity index (χ2n) is 6.60. The summed E-state index contributed by atoms with van der Waals surface area (Å²) >= 11 is 0. The predicted molar refractivity (Wildman–Crippen MR) is 82.9 cm³/mol. The zero-order valence-electron chi connectivity index (χ0n) is 12.9. The summed E-state index contributed by atoms with van der Waals surface area (Å²) < 4.78 is 0. The zero-order chi connectivity index (χ0) is 14.0. The minimum absolute atomic E-state index is 0.163. The first kappa shape index (κ1) is 14.4. The third-order valence-electron chi connectivity index (χ3n) is 3.86. The van der Waals surface area contributed by atoms with Crippen LogP contribution in [0.3, 0.4) is 0 Å². The van der Waals surface area contributed by atoms with Gasteiger partial charge in [-0.2, -0.15) is 0 Å². The van der Waals surface area contributed by atoms with Crippen LogP contribution in [0.1, 0.15) is 19.4 Å². The van der Waals surface area contributed by atoms with Gasteiger partial charge in [-0.1, -0.05) is 12.1 Å². The summed E-state index contributed by atoms with van der Waals surface area (Å²) in [6.45, 7) is 9.96. The molecule has 0 radical (unpaired) electrons. The predicted octanol–water partition coefficient (Wildman–Crippen LogP) is 2.11. The number of rotatable bonds is 3. The highest BCUT2D eigenvalue weighted by Crippen LogP contribution is 2.27. The molecule has 0 saturated carbocycles. The van der Waals surface area contributed by atoms with E-state index in [1.54, 1.807) is 0 Å². The number of aryl methyl sites for hydroxylation is 1. The van der Waals surface area contributed by atoms with Crippen LogP contribution in [0.4, 0.5) is 5.69 Å². The molecule has 3 heteroatoms. The Labute approximate surface area is 117 Å². The summed E-state index contributed by atoms with van der Waals surface area (Å²) in [7, 11) is 4.27. The van der Waals surface area contributed by atoms with Crippen molar-refractivity contribution in [3.63, 3.8) is 0 Å². The molecule has 1 aliphatic heterocycles. The maximum Gasteiger partial charge on any atom is 0.0471 e. The molecule has 1 aromatic carbocycles. The summed E-state index contributed by atoms with van der Waals surface area (Å²) in [6, 6.07) is 9.37. The standard InChI is InChI=1S/C16H27N3/c1-13-7-6-8-15(9-13)19-11-14(10-18(4)5)17-12-16(19,2)3/h6-9,14,17H,10-12H2,1-5H3. The summed E-state index contributed by atoms with van der Waals surface area (Å²) in [6.07, 6.45) is 0. The fraction of sp³-hybridized carbons (Fsp3) is 0.625. The van der Waals surface area contributed by atoms with Crippen molar-refractivity contribution in [3.8, 4) is 0 Å². The number of nitrogens with zero attached hydrogens (tertiary/aromatic N) is 2. The van der Waals surface area contributed by atoms with E-state index in [0.717, 1.165) is 19.6 Å². The number of hydrogen-bond acceptors (Lipinski definition) is 3. The molecule has 0 aromatic heterocycles. The Morgan fingerprint density at radius 3 is 2.74 bits per heavy atom. The molecule has 1 fully saturated rings. The third-order valence-corrected chi connectivity index (χ3v) is 3.86. The Hall–Kier alpha value is -1.06. The monoisotopic (exact) mass is 261 g/mol. The van der Waals surface area contributed by atoms with Gasteiger partial charge in [0.1, 0.15) is 0 Å². The highest BCUT2D eigenvalue weighted by molar-refractivity contribution is 5.51. The van der Waals surface area contributed by atoms with Crippen molar-refractivity contribution in [1.29, 1.82) is 0 Å². The van der Waals surface area contributed by atoms with Crippen LogP contribution in [0.5, 0.6) is 0 Å². The molecule has 19 heavy (non-hydrogen) atoms. The van der Waals surface area contributed by atoms with Crippen LogP contribution >= 0.6 is 0 Å². The molecule has 0 amide bonds. The van der Waals surface area contributed by atoms with Gasteiger partial charge in [0, 0.05) is 36.9 Å². The van der Waals surface area contributed by atoms with Crippen LogP contribution in [0.15, 0.2) is 24.3 Å². The van der Waals surface area contributed by atoms with E-state index >= 15 is 0 Å². The molecule has 1 N–H and O–H groups in total. The number of benzene rings is 1. The molecule has 0 aliphatic carbocycles. The van der Waals surface area contributed by atoms with Crippen LogP contribution < -0.4 is 10.2 Å². The smallest absolute Gasteiger partial charge is 0.0471 e. The number of nitrogens with one attached hydrogen (secondary N) is 1. The topological polar surface area (TPSA) is 18.5 Å². The Morgan fingerprint density at radius 2 is 2.11 bits per heavy atom. The van der Waals surface area contributed by atoms with Crippen LogP contribution in [-0.4, -0.2) is 50.2 Å². The Kier molecular flexibility index (Phi) is 4.16. The van der Waals surface area contributed by atoms with Crippen LogP contribution in [0, 0.1) is 6.92 Å². The quantitative estimate of drug-likeness (QED) is 0.899. The number of hydrogen-bond donors (Lipinski definition) is 1. The van der Waals surface area contributed by atoms with Gasteiger partial charge in [0.05, 0.1) is 0 Å². The summed E-state index contributed by atoms with van der Waals surface area (Å²) in [4.78, 5) is 4.80. The lowest BCUT2D eigenvalue weighted by Crippen LogP contribution is -2.64. The van der Waals surface area contributed by atoms with Crippen molar-refractivity contribution >= 4 is 5.69 Å². The highest BCUT2D eigenvalue weighted by atomic mass is 15.3. The van der Waals surface area contributed by atoms with E-state index in [2.05, 4.69) is 74.2 Å². The molecule has 1 heterocycles. The van der Waals surface area contributed by atoms with E-state index in [0.29, 0.717) is 6.04 Å². The van der Waals surface area contributed by atoms with Crippen molar-refractivity contribution in [2.75, 3.05) is 38.6 Å². The van der Waals surface area contributed by atoms with E-state index in [-0.39, 0.29) is 5.54 Å². The molecule has 1 atom stereocenters. The summed E-state index contributed by atoms with van der Waals surface area (Å²) in [5.41, 5.74) is 2.84. The van der Waals surface area contributed by atoms with E-state index in [4.69, 9.17) is 0 Å². The van der Waals surface area contributed by atoms with Gasteiger partial charge < -0.3 is 15.1 Å². The molecule has 0 spiro atoms. The first-order valence-corrected chi connectivity index (χ1v) is 7.11. The molecule has 1 unspecified atom stereocenters. The first-order chi connectivity index (χ1) is 8.88. The van der Waals surface area contributed by atoms with E-state index in [9.17, 15) is 0 Å². The largest absolute Gasteiger partial charge is 0.364 e. The lowest BCUT2D eigenvalue weighted by Gasteiger charge is -2.48. The summed E-state index contributed by atoms with van der Waals surface area (Å²) in [5.74, 6) is 0. The Bertz CT molecular complexity index is 426. The average Bonchev–Trinajstić information content (AvgIpc) is 2.31. The molecular weight excluding hydrogens is 234 g/mol. The zero-order valence-corrected chi connectivity index (χ0v) is 12.9. The normalized spacial score (nSPS) is 22.8. The van der Waals surface area contributed by atoms with Crippen molar-refractivity contribution in [1.82, 2.24) is 10.2 Å². The van der Waals surface area contributed by atoms with E-state index in [1.807, 2.05) is 0 Å². The lowest BCUT2D eigenvalue weighted by molar-refractivity contribution is 0.270. The van der Waals surface area contributed by atoms with Crippen molar-refractivity contribution < 1.29 is 0 Å². The highest BCUT2D eigenvalue weighted by Gasteiger charge is 2.34. The van der Waals surface area contributed by atoms with Gasteiger partial charge in [0.2, 0.25) is 0 Å². The van der Waals surface area contributed by atoms with Gasteiger partial charge in [0.15, 0.2) is 0 Å². The van der Waals surface area contributed by atoms with Gasteiger partial charge in [-0.05, 0) is 52.6 Å². The van der Waals surface area contributed by atoms with Crippen LogP contribution in [-0.2, 0) is 0 Å². The first-order valence-electron chi connectivity index (χ1n) is 7.11. The Balaban J connectivity index is 2.19. The SMILES string of the molecule is Cc1cccc(N2CC(CN(C)C)NCC2(C)C)c1. The van der Waals surface area contributed by atoms with Gasteiger partial charge in [-0.15, -0.1) is 0 Å². The maximum atomic E-state index is 3.67. The van der Waals surface area contributed by atoms with Gasteiger partial charge in [-0.3, -0.25) is 0 Å². The van der Waals surface area contributed by atoms with Gasteiger partial charge in [0.25, 0.3) is 0 Å². The van der Waals surface area contributed by atoms with Crippen LogP contribution in [0.25, 0.3) is 0 Å². The molecule has 1 saturated heterocycles. The molecule has 1 aliphatic rings. The number of likely N-dealkylation sites (N-methyl/N-ethyl adjacent to an activating group) is 1.